The van der Waals surface area contributed by atoms with Crippen LogP contribution in [0.3, 0.4) is 0 Å². The van der Waals surface area contributed by atoms with E-state index in [0.29, 0.717) is 16.3 Å². The van der Waals surface area contributed by atoms with Crippen molar-refractivity contribution >= 4 is 17.3 Å². The molecule has 0 aliphatic heterocycles. The van der Waals surface area contributed by atoms with Gasteiger partial charge in [-0.2, -0.15) is 0 Å². The van der Waals surface area contributed by atoms with Crippen molar-refractivity contribution in [2.45, 2.75) is 70.6 Å². The van der Waals surface area contributed by atoms with Gasteiger partial charge in [0.05, 0.1) is 10.7 Å². The summed E-state index contributed by atoms with van der Waals surface area (Å²) >= 11 is 7.02. The van der Waals surface area contributed by atoms with Crippen LogP contribution in [0.1, 0.15) is 67.2 Å². The van der Waals surface area contributed by atoms with E-state index >= 15 is 0 Å². The highest BCUT2D eigenvalue weighted by atomic mass is 35.5. The number of hydrogen-bond acceptors (Lipinski definition) is 3. The van der Waals surface area contributed by atoms with E-state index < -0.39 is 0 Å². The van der Waals surface area contributed by atoms with E-state index in [1.807, 2.05) is 12.1 Å². The van der Waals surface area contributed by atoms with Crippen molar-refractivity contribution in [3.8, 4) is 22.3 Å². The van der Waals surface area contributed by atoms with Crippen LogP contribution in [0.25, 0.3) is 22.3 Å². The minimum atomic E-state index is 0.0414. The Labute approximate surface area is 201 Å². The summed E-state index contributed by atoms with van der Waals surface area (Å²) in [6.45, 7) is 0. The van der Waals surface area contributed by atoms with Gasteiger partial charge >= 0.3 is 0 Å². The highest BCUT2D eigenvalue weighted by Crippen LogP contribution is 2.47. The van der Waals surface area contributed by atoms with Crippen LogP contribution in [0.5, 0.6) is 0 Å². The van der Waals surface area contributed by atoms with E-state index in [1.165, 1.54) is 42.4 Å². The lowest BCUT2D eigenvalue weighted by atomic mass is 9.84. The number of anilines is 1. The summed E-state index contributed by atoms with van der Waals surface area (Å²) in [6.07, 6.45) is 11.9. The molecule has 0 saturated heterocycles. The van der Waals surface area contributed by atoms with Crippen LogP contribution in [0, 0.1) is 5.21 Å². The Hall–Kier alpha value is -2.33. The average molecular weight is 461 g/mol. The van der Waals surface area contributed by atoms with E-state index in [9.17, 15) is 10.4 Å². The average Bonchev–Trinajstić information content (AvgIpc) is 2.85. The molecule has 0 atom stereocenters. The molecular weight excluding hydrogens is 430 g/mol. The topological polar surface area (TPSA) is 46.5 Å². The van der Waals surface area contributed by atoms with Gasteiger partial charge in [-0.3, -0.25) is 5.21 Å². The molecule has 3 nitrogen and oxygen atoms in total. The van der Waals surface area contributed by atoms with Crippen molar-refractivity contribution in [3.05, 3.63) is 81.0 Å². The van der Waals surface area contributed by atoms with Crippen LogP contribution in [0.4, 0.5) is 5.69 Å². The first-order valence-electron chi connectivity index (χ1n) is 12.4. The lowest BCUT2D eigenvalue weighted by molar-refractivity contribution is 0.296. The van der Waals surface area contributed by atoms with Crippen molar-refractivity contribution in [1.29, 1.82) is 0 Å². The quantitative estimate of drug-likeness (QED) is 0.400. The Morgan fingerprint density at radius 2 is 1.15 bits per heavy atom. The maximum Gasteiger partial charge on any atom is 0.0634 e. The van der Waals surface area contributed by atoms with Crippen molar-refractivity contribution < 1.29 is 5.21 Å². The second kappa shape index (κ2) is 9.89. The van der Waals surface area contributed by atoms with Gasteiger partial charge in [-0.25, -0.2) is 0 Å². The first-order chi connectivity index (χ1) is 16.1. The summed E-state index contributed by atoms with van der Waals surface area (Å²) in [6, 6.07) is 17.0. The Balaban J connectivity index is 1.79. The van der Waals surface area contributed by atoms with Gasteiger partial charge in [0.2, 0.25) is 0 Å². The molecule has 0 amide bonds. The molecule has 2 aliphatic rings. The molecule has 0 saturated carbocycles. The molecule has 4 heteroatoms. The number of aryl methyl sites for hydroxylation is 4. The molecule has 33 heavy (non-hydrogen) atoms. The second-order valence-electron chi connectivity index (χ2n) is 9.48. The minimum Gasteiger partial charge on any atom is -0.733 e. The lowest BCUT2D eigenvalue weighted by Gasteiger charge is -2.31. The predicted molar refractivity (Wildman–Crippen MR) is 137 cm³/mol. The van der Waals surface area contributed by atoms with Crippen LogP contribution >= 0.6 is 11.6 Å². The number of nitrogens with zero attached hydrogens (tertiary/aromatic N) is 1. The molecule has 0 aromatic heterocycles. The van der Waals surface area contributed by atoms with Crippen molar-refractivity contribution in [3.63, 3.8) is 0 Å². The van der Waals surface area contributed by atoms with Crippen molar-refractivity contribution in [2.24, 2.45) is 0 Å². The van der Waals surface area contributed by atoms with E-state index in [0.717, 1.165) is 67.2 Å². The fraction of sp³-hybridized carbons (Fsp3) is 0.379. The SMILES string of the molecule is [O-]N(O)c1c2cc(c(Cl)c1-c1ccccc1-c1c3cccc1CCCCCC3)CCCCC2. The van der Waals surface area contributed by atoms with E-state index in [1.54, 1.807) is 0 Å². The normalized spacial score (nSPS) is 16.2. The summed E-state index contributed by atoms with van der Waals surface area (Å²) in [5, 5.41) is 23.4. The smallest absolute Gasteiger partial charge is 0.0634 e. The Morgan fingerprint density at radius 3 is 1.76 bits per heavy atom. The predicted octanol–water partition coefficient (Wildman–Crippen LogP) is 8.30. The summed E-state index contributed by atoms with van der Waals surface area (Å²) in [5.41, 5.74) is 9.00. The summed E-state index contributed by atoms with van der Waals surface area (Å²) < 4.78 is 0. The Kier molecular flexibility index (Phi) is 6.73. The maximum absolute atomic E-state index is 12.5. The van der Waals surface area contributed by atoms with Gasteiger partial charge in [0.25, 0.3) is 0 Å². The first-order valence-corrected chi connectivity index (χ1v) is 12.7. The van der Waals surface area contributed by atoms with E-state index in [2.05, 4.69) is 36.4 Å². The molecule has 172 valence electrons. The Morgan fingerprint density at radius 1 is 0.636 bits per heavy atom. The van der Waals surface area contributed by atoms with Crippen LogP contribution < -0.4 is 5.23 Å². The minimum absolute atomic E-state index is 0.0414. The maximum atomic E-state index is 12.5. The van der Waals surface area contributed by atoms with Crippen molar-refractivity contribution in [1.82, 2.24) is 0 Å². The van der Waals surface area contributed by atoms with Gasteiger partial charge in [-0.05, 0) is 90.3 Å². The largest absolute Gasteiger partial charge is 0.733 e. The number of fused-ring (bicyclic) bond motifs is 4. The zero-order valence-electron chi connectivity index (χ0n) is 19.1. The molecule has 5 rings (SSSR count). The van der Waals surface area contributed by atoms with Crippen molar-refractivity contribution in [2.75, 3.05) is 5.23 Å². The Bertz CT molecular complexity index is 1130. The van der Waals surface area contributed by atoms with Gasteiger partial charge in [0.15, 0.2) is 0 Å². The first kappa shape index (κ1) is 22.5. The summed E-state index contributed by atoms with van der Waals surface area (Å²) in [7, 11) is 0. The fourth-order valence-corrected chi connectivity index (χ4v) is 6.07. The lowest BCUT2D eigenvalue weighted by Crippen LogP contribution is -2.14. The molecule has 0 unspecified atom stereocenters. The number of hydrogen-bond donors (Lipinski definition) is 1. The molecule has 0 radical (unpaired) electrons. The van der Waals surface area contributed by atoms with Crippen LogP contribution in [0.15, 0.2) is 48.5 Å². The standard InChI is InChI=1S/C29H31ClNO2/c30-28-22-13-6-3-7-14-23(19-22)29(31(32)33)27(28)25-18-9-8-17-24(25)26-20-11-4-1-2-5-12-21(26)16-10-15-20/h8-10,15-19,32H,1-7,11-14H2/q-1. The van der Waals surface area contributed by atoms with Crippen LogP contribution in [0.2, 0.25) is 5.02 Å². The van der Waals surface area contributed by atoms with Crippen LogP contribution in [-0.4, -0.2) is 5.21 Å². The second-order valence-corrected chi connectivity index (χ2v) is 9.86. The molecule has 4 bridgehead atoms. The fourth-order valence-electron chi connectivity index (χ4n) is 5.73. The van der Waals surface area contributed by atoms with Gasteiger partial charge < -0.3 is 10.4 Å². The number of rotatable bonds is 3. The van der Waals surface area contributed by atoms with E-state index in [-0.39, 0.29) is 5.23 Å². The van der Waals surface area contributed by atoms with Gasteiger partial charge in [0.1, 0.15) is 0 Å². The third kappa shape index (κ3) is 4.42. The number of benzene rings is 3. The highest BCUT2D eigenvalue weighted by Gasteiger charge is 2.24. The zero-order chi connectivity index (χ0) is 22.8. The molecule has 0 heterocycles. The molecule has 2 aliphatic carbocycles. The third-order valence-corrected chi connectivity index (χ3v) is 7.75. The molecular formula is C29H31ClNO2-. The highest BCUT2D eigenvalue weighted by molar-refractivity contribution is 6.35. The molecule has 0 spiro atoms. The molecule has 3 aromatic rings. The summed E-state index contributed by atoms with van der Waals surface area (Å²) in [4.78, 5) is 0. The monoisotopic (exact) mass is 460 g/mol. The van der Waals surface area contributed by atoms with Gasteiger partial charge in [-0.1, -0.05) is 79.4 Å². The molecule has 3 aromatic carbocycles. The van der Waals surface area contributed by atoms with E-state index in [4.69, 9.17) is 11.6 Å². The molecule has 0 fully saturated rings. The van der Waals surface area contributed by atoms with Gasteiger partial charge in [0, 0.05) is 5.56 Å². The molecule has 1 N–H and O–H groups in total. The zero-order valence-corrected chi connectivity index (χ0v) is 19.8. The number of halogens is 1. The summed E-state index contributed by atoms with van der Waals surface area (Å²) in [5.74, 6) is 0. The van der Waals surface area contributed by atoms with Crippen LogP contribution in [-0.2, 0) is 25.7 Å². The van der Waals surface area contributed by atoms with Gasteiger partial charge in [-0.15, -0.1) is 0 Å². The third-order valence-electron chi connectivity index (χ3n) is 7.32.